The number of rotatable bonds is 6. The molecule has 3 nitrogen and oxygen atoms in total. The Morgan fingerprint density at radius 3 is 2.25 bits per heavy atom. The number of nitrogens with one attached hydrogen (secondary N) is 1. The van der Waals surface area contributed by atoms with Gasteiger partial charge in [-0.15, -0.1) is 0 Å². The van der Waals surface area contributed by atoms with Gasteiger partial charge in [-0.1, -0.05) is 6.92 Å². The van der Waals surface area contributed by atoms with Crippen molar-refractivity contribution < 1.29 is 9.47 Å². The van der Waals surface area contributed by atoms with Gasteiger partial charge in [-0.3, -0.25) is 0 Å². The number of methoxy groups -OCH3 is 1. The molecular formula is C17H33NO2. The summed E-state index contributed by atoms with van der Waals surface area (Å²) in [6.07, 6.45) is 5.91. The molecule has 0 amide bonds. The second-order valence-corrected chi connectivity index (χ2v) is 7.83. The van der Waals surface area contributed by atoms with Crippen LogP contribution in [0, 0.1) is 5.92 Å². The number of hydrogen-bond donors (Lipinski definition) is 1. The van der Waals surface area contributed by atoms with Crippen molar-refractivity contribution in [1.29, 1.82) is 0 Å². The van der Waals surface area contributed by atoms with Gasteiger partial charge in [-0.25, -0.2) is 0 Å². The normalized spacial score (nSPS) is 31.8. The monoisotopic (exact) mass is 283 g/mol. The molecule has 1 saturated heterocycles. The van der Waals surface area contributed by atoms with E-state index in [0.29, 0.717) is 12.0 Å². The average Bonchev–Trinajstić information content (AvgIpc) is 2.50. The van der Waals surface area contributed by atoms with E-state index >= 15 is 0 Å². The Bertz CT molecular complexity index is 328. The summed E-state index contributed by atoms with van der Waals surface area (Å²) < 4.78 is 12.3. The van der Waals surface area contributed by atoms with Gasteiger partial charge >= 0.3 is 0 Å². The van der Waals surface area contributed by atoms with E-state index in [4.69, 9.17) is 9.47 Å². The lowest BCUT2D eigenvalue weighted by Gasteiger charge is -2.51. The van der Waals surface area contributed by atoms with Gasteiger partial charge in [0.25, 0.3) is 0 Å². The quantitative estimate of drug-likeness (QED) is 0.809. The highest BCUT2D eigenvalue weighted by Gasteiger charge is 2.56. The summed E-state index contributed by atoms with van der Waals surface area (Å²) in [5.74, 6) is 0.504. The smallest absolute Gasteiger partial charge is 0.0834 e. The second kappa shape index (κ2) is 5.58. The molecule has 1 aliphatic carbocycles. The molecule has 0 aromatic heterocycles. The summed E-state index contributed by atoms with van der Waals surface area (Å²) >= 11 is 0. The molecular weight excluding hydrogens is 250 g/mol. The van der Waals surface area contributed by atoms with E-state index in [-0.39, 0.29) is 16.8 Å². The summed E-state index contributed by atoms with van der Waals surface area (Å²) in [4.78, 5) is 0. The molecule has 1 N–H and O–H groups in total. The van der Waals surface area contributed by atoms with Crippen LogP contribution in [-0.4, -0.2) is 36.5 Å². The van der Waals surface area contributed by atoms with Crippen LogP contribution in [0.5, 0.6) is 0 Å². The highest BCUT2D eigenvalue weighted by Crippen LogP contribution is 2.50. The molecule has 1 aliphatic heterocycles. The Balaban J connectivity index is 2.22. The summed E-state index contributed by atoms with van der Waals surface area (Å²) in [6, 6.07) is 0.401. The van der Waals surface area contributed by atoms with Crippen LogP contribution >= 0.6 is 0 Å². The largest absolute Gasteiger partial charge is 0.377 e. The molecule has 0 bridgehead atoms. The maximum Gasteiger partial charge on any atom is 0.0834 e. The van der Waals surface area contributed by atoms with Gasteiger partial charge < -0.3 is 14.8 Å². The maximum atomic E-state index is 6.32. The molecule has 0 aromatic carbocycles. The lowest BCUT2D eigenvalue weighted by Crippen LogP contribution is -2.62. The topological polar surface area (TPSA) is 30.5 Å². The molecule has 0 aromatic rings. The van der Waals surface area contributed by atoms with Gasteiger partial charge in [0.05, 0.1) is 16.8 Å². The van der Waals surface area contributed by atoms with Crippen molar-refractivity contribution in [3.63, 3.8) is 0 Å². The van der Waals surface area contributed by atoms with Gasteiger partial charge in [0.1, 0.15) is 0 Å². The Hall–Kier alpha value is -0.120. The van der Waals surface area contributed by atoms with Crippen LogP contribution in [-0.2, 0) is 9.47 Å². The molecule has 2 rings (SSSR count). The van der Waals surface area contributed by atoms with Crippen LogP contribution < -0.4 is 5.32 Å². The van der Waals surface area contributed by atoms with E-state index in [0.717, 1.165) is 19.4 Å². The minimum absolute atomic E-state index is 0.0287. The van der Waals surface area contributed by atoms with Crippen LogP contribution in [0.2, 0.25) is 0 Å². The zero-order valence-electron chi connectivity index (χ0n) is 14.2. The molecule has 2 fully saturated rings. The summed E-state index contributed by atoms with van der Waals surface area (Å²) in [5, 5.41) is 3.79. The van der Waals surface area contributed by atoms with Crippen molar-refractivity contribution in [3.8, 4) is 0 Å². The van der Waals surface area contributed by atoms with Gasteiger partial charge in [-0.05, 0) is 66.3 Å². The standard InChI is InChI=1S/C17H33NO2/c1-7-11-18-14(17(19-6)9-8-10-17)13-12-15(2,3)20-16(13,4)5/h13-14,18H,7-12H2,1-6H3. The first-order chi connectivity index (χ1) is 9.26. The predicted molar refractivity (Wildman–Crippen MR) is 83.0 cm³/mol. The van der Waals surface area contributed by atoms with Crippen LogP contribution in [0.3, 0.4) is 0 Å². The predicted octanol–water partition coefficient (Wildman–Crippen LogP) is 3.52. The van der Waals surface area contributed by atoms with Gasteiger partial charge in [-0.2, -0.15) is 0 Å². The highest BCUT2D eigenvalue weighted by atomic mass is 16.5. The lowest BCUT2D eigenvalue weighted by molar-refractivity contribution is -0.133. The first-order valence-electron chi connectivity index (χ1n) is 8.25. The highest BCUT2D eigenvalue weighted by molar-refractivity contribution is 5.09. The van der Waals surface area contributed by atoms with Crippen LogP contribution in [0.1, 0.15) is 66.7 Å². The van der Waals surface area contributed by atoms with E-state index in [2.05, 4.69) is 39.9 Å². The minimum Gasteiger partial charge on any atom is -0.377 e. The minimum atomic E-state index is -0.0873. The van der Waals surface area contributed by atoms with Gasteiger partial charge in [0.15, 0.2) is 0 Å². The van der Waals surface area contributed by atoms with Crippen LogP contribution in [0.25, 0.3) is 0 Å². The number of hydrogen-bond acceptors (Lipinski definition) is 3. The lowest BCUT2D eigenvalue weighted by atomic mass is 9.66. The van der Waals surface area contributed by atoms with Crippen molar-refractivity contribution >= 4 is 0 Å². The Morgan fingerprint density at radius 1 is 1.25 bits per heavy atom. The molecule has 0 spiro atoms. The summed E-state index contributed by atoms with van der Waals surface area (Å²) in [5.41, 5.74) is -0.0874. The fourth-order valence-electron chi connectivity index (χ4n) is 4.29. The third-order valence-corrected chi connectivity index (χ3v) is 5.33. The van der Waals surface area contributed by atoms with Crippen molar-refractivity contribution in [2.75, 3.05) is 13.7 Å². The summed E-state index contributed by atoms with van der Waals surface area (Å²) in [7, 11) is 1.88. The third kappa shape index (κ3) is 2.90. The molecule has 2 unspecified atom stereocenters. The second-order valence-electron chi connectivity index (χ2n) is 7.83. The zero-order chi connectivity index (χ0) is 15.0. The maximum absolute atomic E-state index is 6.32. The molecule has 2 atom stereocenters. The fourth-order valence-corrected chi connectivity index (χ4v) is 4.29. The van der Waals surface area contributed by atoms with E-state index in [9.17, 15) is 0 Å². The third-order valence-electron chi connectivity index (χ3n) is 5.33. The van der Waals surface area contributed by atoms with E-state index < -0.39 is 0 Å². The molecule has 3 heteroatoms. The van der Waals surface area contributed by atoms with E-state index in [1.807, 2.05) is 7.11 Å². The fraction of sp³-hybridized carbons (Fsp3) is 1.00. The first kappa shape index (κ1) is 16.3. The molecule has 1 heterocycles. The Labute approximate surface area is 124 Å². The first-order valence-corrected chi connectivity index (χ1v) is 8.25. The molecule has 2 aliphatic rings. The SMILES string of the molecule is CCCNC(C1CC(C)(C)OC1(C)C)C1(OC)CCC1. The molecule has 0 radical (unpaired) electrons. The van der Waals surface area contributed by atoms with E-state index in [1.54, 1.807) is 0 Å². The Morgan fingerprint density at radius 2 is 1.90 bits per heavy atom. The molecule has 118 valence electrons. The average molecular weight is 283 g/mol. The van der Waals surface area contributed by atoms with Crippen molar-refractivity contribution in [3.05, 3.63) is 0 Å². The Kier molecular flexibility index (Phi) is 4.54. The number of ether oxygens (including phenoxy) is 2. The van der Waals surface area contributed by atoms with Crippen LogP contribution in [0.15, 0.2) is 0 Å². The van der Waals surface area contributed by atoms with Gasteiger partial charge in [0, 0.05) is 19.1 Å². The van der Waals surface area contributed by atoms with Crippen molar-refractivity contribution in [2.45, 2.75) is 89.6 Å². The molecule has 20 heavy (non-hydrogen) atoms. The summed E-state index contributed by atoms with van der Waals surface area (Å²) in [6.45, 7) is 12.2. The van der Waals surface area contributed by atoms with Crippen LogP contribution in [0.4, 0.5) is 0 Å². The zero-order valence-corrected chi connectivity index (χ0v) is 14.2. The van der Waals surface area contributed by atoms with E-state index in [1.165, 1.54) is 19.3 Å². The van der Waals surface area contributed by atoms with Crippen molar-refractivity contribution in [2.24, 2.45) is 5.92 Å². The van der Waals surface area contributed by atoms with Crippen molar-refractivity contribution in [1.82, 2.24) is 5.32 Å². The molecule has 1 saturated carbocycles. The van der Waals surface area contributed by atoms with Gasteiger partial charge in [0.2, 0.25) is 0 Å².